The van der Waals surface area contributed by atoms with Gasteiger partial charge >= 0.3 is 17.9 Å². The predicted molar refractivity (Wildman–Crippen MR) is 288 cm³/mol. The Labute approximate surface area is 412 Å². The van der Waals surface area contributed by atoms with Crippen LogP contribution in [0.4, 0.5) is 0 Å². The number of hydrogen-bond acceptors (Lipinski definition) is 6. The van der Waals surface area contributed by atoms with Crippen molar-refractivity contribution in [2.45, 2.75) is 245 Å². The molecule has 0 radical (unpaired) electrons. The number of esters is 3. The summed E-state index contributed by atoms with van der Waals surface area (Å²) in [6, 6.07) is 0. The van der Waals surface area contributed by atoms with Crippen LogP contribution in [0, 0.1) is 0 Å². The summed E-state index contributed by atoms with van der Waals surface area (Å²) in [5.74, 6) is -0.919. The summed E-state index contributed by atoms with van der Waals surface area (Å²) in [4.78, 5) is 37.6. The van der Waals surface area contributed by atoms with Crippen molar-refractivity contribution in [2.24, 2.45) is 0 Å². The van der Waals surface area contributed by atoms with Gasteiger partial charge in [-0.1, -0.05) is 226 Å². The Kier molecular flexibility index (Phi) is 51.5. The number of hydrogen-bond donors (Lipinski definition) is 0. The molecular weight excluding hydrogens is 829 g/mol. The number of carbonyl (C=O) groups is 3. The van der Waals surface area contributed by atoms with Gasteiger partial charge in [0.1, 0.15) is 13.2 Å². The number of allylic oxidation sites excluding steroid dienone is 18. The topological polar surface area (TPSA) is 78.9 Å². The molecule has 1 unspecified atom stereocenters. The van der Waals surface area contributed by atoms with Gasteiger partial charge in [0.2, 0.25) is 0 Å². The van der Waals surface area contributed by atoms with E-state index in [2.05, 4.69) is 130 Å². The van der Waals surface area contributed by atoms with Crippen LogP contribution in [0.2, 0.25) is 0 Å². The molecule has 0 saturated carbocycles. The molecule has 0 aliphatic rings. The van der Waals surface area contributed by atoms with Gasteiger partial charge in [-0.2, -0.15) is 0 Å². The molecule has 67 heavy (non-hydrogen) atoms. The molecule has 6 nitrogen and oxygen atoms in total. The van der Waals surface area contributed by atoms with E-state index in [-0.39, 0.29) is 31.1 Å². The van der Waals surface area contributed by atoms with E-state index in [0.29, 0.717) is 19.3 Å². The molecule has 380 valence electrons. The van der Waals surface area contributed by atoms with E-state index in [4.69, 9.17) is 14.2 Å². The summed E-state index contributed by atoms with van der Waals surface area (Å²) in [5.41, 5.74) is 0. The van der Waals surface area contributed by atoms with Crippen molar-refractivity contribution in [1.29, 1.82) is 0 Å². The molecular formula is C61H100O6. The van der Waals surface area contributed by atoms with E-state index in [1.54, 1.807) is 0 Å². The zero-order valence-corrected chi connectivity index (χ0v) is 43.4. The summed E-state index contributed by atoms with van der Waals surface area (Å²) in [6.45, 7) is 6.37. The molecule has 0 aromatic rings. The van der Waals surface area contributed by atoms with Gasteiger partial charge in [0.15, 0.2) is 6.10 Å². The molecule has 0 rings (SSSR count). The van der Waals surface area contributed by atoms with Crippen LogP contribution in [0.1, 0.15) is 239 Å². The first-order valence-electron chi connectivity index (χ1n) is 27.4. The maximum Gasteiger partial charge on any atom is 0.306 e. The van der Waals surface area contributed by atoms with Crippen LogP contribution < -0.4 is 0 Å². The average molecular weight is 929 g/mol. The van der Waals surface area contributed by atoms with Gasteiger partial charge in [0.25, 0.3) is 0 Å². The third kappa shape index (κ3) is 52.9. The Bertz CT molecular complexity index is 1390. The average Bonchev–Trinajstić information content (AvgIpc) is 3.33. The van der Waals surface area contributed by atoms with E-state index < -0.39 is 6.10 Å². The zero-order valence-electron chi connectivity index (χ0n) is 43.4. The van der Waals surface area contributed by atoms with Crippen molar-refractivity contribution < 1.29 is 28.6 Å². The molecule has 0 bridgehead atoms. The normalized spacial score (nSPS) is 12.9. The van der Waals surface area contributed by atoms with Crippen molar-refractivity contribution in [3.05, 3.63) is 109 Å². The Morgan fingerprint density at radius 1 is 0.313 bits per heavy atom. The van der Waals surface area contributed by atoms with Crippen molar-refractivity contribution in [3.8, 4) is 0 Å². The lowest BCUT2D eigenvalue weighted by atomic mass is 10.1. The Hall–Kier alpha value is -3.93. The smallest absolute Gasteiger partial charge is 0.306 e. The largest absolute Gasteiger partial charge is 0.462 e. The molecule has 1 atom stereocenters. The highest BCUT2D eigenvalue weighted by atomic mass is 16.6. The van der Waals surface area contributed by atoms with Gasteiger partial charge in [0.05, 0.1) is 0 Å². The fourth-order valence-electron chi connectivity index (χ4n) is 7.16. The summed E-state index contributed by atoms with van der Waals surface area (Å²) in [5, 5.41) is 0. The first-order chi connectivity index (χ1) is 33.0. The Morgan fingerprint density at radius 2 is 0.612 bits per heavy atom. The van der Waals surface area contributed by atoms with E-state index in [9.17, 15) is 14.4 Å². The second-order valence-corrected chi connectivity index (χ2v) is 17.8. The van der Waals surface area contributed by atoms with E-state index >= 15 is 0 Å². The summed E-state index contributed by atoms with van der Waals surface area (Å²) < 4.78 is 16.6. The third-order valence-electron chi connectivity index (χ3n) is 11.2. The monoisotopic (exact) mass is 929 g/mol. The van der Waals surface area contributed by atoms with Crippen LogP contribution in [-0.4, -0.2) is 37.2 Å². The highest BCUT2D eigenvalue weighted by molar-refractivity contribution is 5.71. The SMILES string of the molecule is CC/C=C\C/C=C\C/C=C\C/C=C\C/C=C\C/C=C\C/C=C\C/C=C\CCCCCCCCCCC(=O)OCC(COC(=O)CCCCCCCC)OC(=O)CCCCCCC/C=C\CCC. The van der Waals surface area contributed by atoms with Gasteiger partial charge in [-0.15, -0.1) is 0 Å². The van der Waals surface area contributed by atoms with Crippen LogP contribution in [0.15, 0.2) is 109 Å². The summed E-state index contributed by atoms with van der Waals surface area (Å²) in [6.07, 6.45) is 74.1. The van der Waals surface area contributed by atoms with Crippen molar-refractivity contribution >= 4 is 17.9 Å². The lowest BCUT2D eigenvalue weighted by Gasteiger charge is -2.18. The van der Waals surface area contributed by atoms with Crippen molar-refractivity contribution in [1.82, 2.24) is 0 Å². The molecule has 6 heteroatoms. The molecule has 0 aliphatic carbocycles. The second-order valence-electron chi connectivity index (χ2n) is 17.8. The lowest BCUT2D eigenvalue weighted by Crippen LogP contribution is -2.30. The van der Waals surface area contributed by atoms with Crippen molar-refractivity contribution in [2.75, 3.05) is 13.2 Å². The van der Waals surface area contributed by atoms with Gasteiger partial charge in [-0.3, -0.25) is 14.4 Å². The standard InChI is InChI=1S/C61H100O6/c1-4-7-10-13-16-18-20-21-22-23-24-25-26-27-28-29-30-31-32-33-34-35-36-37-38-39-40-41-42-44-45-48-51-54-60(63)66-57-58(56-65-59(62)53-50-47-15-12-9-6-3)67-61(64)55-52-49-46-43-19-17-14-11-8-5-2/h7,10-11,14,16,18,21-22,24-25,27-28,30-31,33-34,36-37,58H,4-6,8-9,12-13,15,17,19-20,23,26,29,32,35,38-57H2,1-3H3/b10-7-,14-11-,18-16-,22-21-,25-24-,28-27-,31-30-,34-33-,37-36-. The van der Waals surface area contributed by atoms with Gasteiger partial charge in [-0.25, -0.2) is 0 Å². The molecule has 0 heterocycles. The first-order valence-corrected chi connectivity index (χ1v) is 27.4. The lowest BCUT2D eigenvalue weighted by molar-refractivity contribution is -0.167. The third-order valence-corrected chi connectivity index (χ3v) is 11.2. The van der Waals surface area contributed by atoms with Gasteiger partial charge < -0.3 is 14.2 Å². The van der Waals surface area contributed by atoms with Crippen LogP contribution in [-0.2, 0) is 28.6 Å². The molecule has 0 aromatic carbocycles. The first kappa shape index (κ1) is 63.1. The quantitative estimate of drug-likeness (QED) is 0.0262. The van der Waals surface area contributed by atoms with Crippen LogP contribution >= 0.6 is 0 Å². The summed E-state index contributed by atoms with van der Waals surface area (Å²) in [7, 11) is 0. The summed E-state index contributed by atoms with van der Waals surface area (Å²) >= 11 is 0. The van der Waals surface area contributed by atoms with Crippen LogP contribution in [0.3, 0.4) is 0 Å². The minimum absolute atomic E-state index is 0.0841. The molecule has 0 amide bonds. The minimum atomic E-state index is -0.781. The predicted octanol–water partition coefficient (Wildman–Crippen LogP) is 18.3. The van der Waals surface area contributed by atoms with Gasteiger partial charge in [-0.05, 0) is 103 Å². The fraction of sp³-hybridized carbons (Fsp3) is 0.656. The maximum atomic E-state index is 12.7. The molecule has 0 saturated heterocycles. The Balaban J connectivity index is 4.06. The number of ether oxygens (including phenoxy) is 3. The van der Waals surface area contributed by atoms with Crippen LogP contribution in [0.25, 0.3) is 0 Å². The van der Waals surface area contributed by atoms with E-state index in [0.717, 1.165) is 135 Å². The number of carbonyl (C=O) groups excluding carboxylic acids is 3. The van der Waals surface area contributed by atoms with Crippen molar-refractivity contribution in [3.63, 3.8) is 0 Å². The number of unbranched alkanes of at least 4 members (excludes halogenated alkanes) is 19. The van der Waals surface area contributed by atoms with E-state index in [1.165, 1.54) is 64.2 Å². The van der Waals surface area contributed by atoms with Crippen LogP contribution in [0.5, 0.6) is 0 Å². The zero-order chi connectivity index (χ0) is 48.6. The fourth-order valence-corrected chi connectivity index (χ4v) is 7.16. The molecule has 0 N–H and O–H groups in total. The maximum absolute atomic E-state index is 12.7. The second kappa shape index (κ2) is 54.7. The highest BCUT2D eigenvalue weighted by Crippen LogP contribution is 2.14. The van der Waals surface area contributed by atoms with E-state index in [1.807, 2.05) is 0 Å². The Morgan fingerprint density at radius 3 is 0.985 bits per heavy atom. The highest BCUT2D eigenvalue weighted by Gasteiger charge is 2.19. The molecule has 0 fully saturated rings. The molecule has 0 spiro atoms. The molecule has 0 aliphatic heterocycles. The molecule has 0 aromatic heterocycles. The number of rotatable bonds is 48. The minimum Gasteiger partial charge on any atom is -0.462 e. The van der Waals surface area contributed by atoms with Gasteiger partial charge in [0, 0.05) is 19.3 Å².